The third kappa shape index (κ3) is 3.22. The normalized spacial score (nSPS) is 22.8. The van der Waals surface area contributed by atoms with Crippen LogP contribution >= 0.6 is 11.6 Å². The SMILES string of the molecule is CS(=O)(=O)NC(=O)C1(C2(n3ncc(Cl)c3O)C=CC(c3ccccc3)=C(F)C2)CC1. The Morgan fingerprint density at radius 1 is 1.30 bits per heavy atom. The lowest BCUT2D eigenvalue weighted by molar-refractivity contribution is -0.128. The molecule has 1 amide bonds. The summed E-state index contributed by atoms with van der Waals surface area (Å²) < 4.78 is 41.9. The Balaban J connectivity index is 1.85. The number of sulfonamides is 1. The van der Waals surface area contributed by atoms with E-state index < -0.39 is 38.6 Å². The Morgan fingerprint density at radius 3 is 2.47 bits per heavy atom. The van der Waals surface area contributed by atoms with Gasteiger partial charge in [-0.3, -0.25) is 9.52 Å². The van der Waals surface area contributed by atoms with Gasteiger partial charge in [0.2, 0.25) is 21.8 Å². The van der Waals surface area contributed by atoms with Crippen LogP contribution in [-0.2, 0) is 20.4 Å². The van der Waals surface area contributed by atoms with Gasteiger partial charge in [0.05, 0.1) is 17.9 Å². The highest BCUT2D eigenvalue weighted by molar-refractivity contribution is 7.89. The van der Waals surface area contributed by atoms with Crippen molar-refractivity contribution in [2.75, 3.05) is 6.26 Å². The van der Waals surface area contributed by atoms with Crippen LogP contribution in [0.25, 0.3) is 5.57 Å². The summed E-state index contributed by atoms with van der Waals surface area (Å²) in [5.74, 6) is -1.69. The van der Waals surface area contributed by atoms with E-state index in [9.17, 15) is 18.3 Å². The van der Waals surface area contributed by atoms with Crippen LogP contribution in [0.1, 0.15) is 24.8 Å². The van der Waals surface area contributed by atoms with Crippen molar-refractivity contribution in [1.29, 1.82) is 0 Å². The van der Waals surface area contributed by atoms with Crippen LogP contribution in [0, 0.1) is 5.41 Å². The van der Waals surface area contributed by atoms with Crippen molar-refractivity contribution in [2.24, 2.45) is 5.41 Å². The summed E-state index contributed by atoms with van der Waals surface area (Å²) in [5.41, 5.74) is -1.75. The average molecular weight is 452 g/mol. The molecule has 0 bridgehead atoms. The van der Waals surface area contributed by atoms with Gasteiger partial charge >= 0.3 is 0 Å². The molecule has 0 saturated heterocycles. The maximum absolute atomic E-state index is 15.4. The fourth-order valence-corrected chi connectivity index (χ4v) is 4.77. The lowest BCUT2D eigenvalue weighted by Crippen LogP contribution is -2.51. The van der Waals surface area contributed by atoms with Gasteiger partial charge in [-0.1, -0.05) is 54.1 Å². The van der Waals surface area contributed by atoms with E-state index in [4.69, 9.17) is 11.6 Å². The van der Waals surface area contributed by atoms with E-state index in [0.717, 1.165) is 10.9 Å². The highest BCUT2D eigenvalue weighted by atomic mass is 35.5. The highest BCUT2D eigenvalue weighted by Crippen LogP contribution is 2.63. The van der Waals surface area contributed by atoms with Crippen molar-refractivity contribution in [2.45, 2.75) is 24.8 Å². The lowest BCUT2D eigenvalue weighted by atomic mass is 9.73. The second-order valence-electron chi connectivity index (χ2n) is 7.63. The van der Waals surface area contributed by atoms with E-state index in [1.165, 1.54) is 12.3 Å². The van der Waals surface area contributed by atoms with Gasteiger partial charge in [-0.2, -0.15) is 5.10 Å². The summed E-state index contributed by atoms with van der Waals surface area (Å²) >= 11 is 5.97. The third-order valence-electron chi connectivity index (χ3n) is 5.70. The third-order valence-corrected chi connectivity index (χ3v) is 6.52. The van der Waals surface area contributed by atoms with E-state index in [1.54, 1.807) is 30.3 Å². The Hall–Kier alpha value is -2.65. The monoisotopic (exact) mass is 451 g/mol. The number of aromatic nitrogens is 2. The summed E-state index contributed by atoms with van der Waals surface area (Å²) in [6.07, 6.45) is 5.52. The van der Waals surface area contributed by atoms with Gasteiger partial charge in [-0.05, 0) is 18.4 Å². The molecular formula is C20H19ClFN3O4S. The first-order valence-corrected chi connectivity index (χ1v) is 11.5. The number of benzene rings is 1. The average Bonchev–Trinajstić information content (AvgIpc) is 3.43. The van der Waals surface area contributed by atoms with Gasteiger partial charge in [0, 0.05) is 12.0 Å². The Kier molecular flexibility index (Phi) is 4.78. The molecule has 2 N–H and O–H groups in total. The number of carbonyl (C=O) groups is 1. The number of nitrogens with one attached hydrogen (secondary N) is 1. The summed E-state index contributed by atoms with van der Waals surface area (Å²) in [6, 6.07) is 8.91. The summed E-state index contributed by atoms with van der Waals surface area (Å²) in [4.78, 5) is 13.0. The maximum atomic E-state index is 15.4. The molecule has 2 aromatic rings. The number of hydrogen-bond donors (Lipinski definition) is 2. The van der Waals surface area contributed by atoms with Gasteiger partial charge in [-0.15, -0.1) is 0 Å². The van der Waals surface area contributed by atoms with E-state index in [-0.39, 0.29) is 11.4 Å². The topological polar surface area (TPSA) is 101 Å². The van der Waals surface area contributed by atoms with E-state index in [0.29, 0.717) is 24.0 Å². The molecule has 30 heavy (non-hydrogen) atoms. The lowest BCUT2D eigenvalue weighted by Gasteiger charge is -2.40. The molecule has 4 rings (SSSR count). The molecule has 1 atom stereocenters. The van der Waals surface area contributed by atoms with E-state index >= 15 is 4.39 Å². The summed E-state index contributed by atoms with van der Waals surface area (Å²) in [6.45, 7) is 0. The molecule has 2 aliphatic carbocycles. The minimum absolute atomic E-state index is 0.0552. The van der Waals surface area contributed by atoms with E-state index in [1.807, 2.05) is 10.8 Å². The molecule has 1 aromatic carbocycles. The zero-order valence-corrected chi connectivity index (χ0v) is 17.5. The molecule has 1 saturated carbocycles. The second-order valence-corrected chi connectivity index (χ2v) is 9.79. The molecule has 1 unspecified atom stereocenters. The van der Waals surface area contributed by atoms with Crippen molar-refractivity contribution in [3.63, 3.8) is 0 Å². The molecular weight excluding hydrogens is 433 g/mol. The van der Waals surface area contributed by atoms with Gasteiger partial charge in [-0.25, -0.2) is 17.5 Å². The quantitative estimate of drug-likeness (QED) is 0.727. The van der Waals surface area contributed by atoms with Crippen LogP contribution in [0.4, 0.5) is 4.39 Å². The number of allylic oxidation sites excluding steroid dienone is 4. The minimum atomic E-state index is -3.83. The number of halogens is 2. The summed E-state index contributed by atoms with van der Waals surface area (Å²) in [5, 5.41) is 14.5. The van der Waals surface area contributed by atoms with Crippen molar-refractivity contribution in [3.8, 4) is 5.88 Å². The molecule has 0 spiro atoms. The molecule has 0 aliphatic heterocycles. The van der Waals surface area contributed by atoms with E-state index in [2.05, 4.69) is 5.10 Å². The fraction of sp³-hybridized carbons (Fsp3) is 0.300. The van der Waals surface area contributed by atoms with Gasteiger partial charge < -0.3 is 5.11 Å². The first-order valence-electron chi connectivity index (χ1n) is 9.18. The first-order chi connectivity index (χ1) is 14.1. The van der Waals surface area contributed by atoms with Crippen LogP contribution in [0.2, 0.25) is 5.02 Å². The molecule has 7 nitrogen and oxygen atoms in total. The largest absolute Gasteiger partial charge is 0.492 e. The van der Waals surface area contributed by atoms with Crippen molar-refractivity contribution < 1.29 is 22.7 Å². The molecule has 1 aromatic heterocycles. The van der Waals surface area contributed by atoms with Crippen LogP contribution in [0.5, 0.6) is 5.88 Å². The number of aromatic hydroxyl groups is 1. The fourth-order valence-electron chi connectivity index (χ4n) is 4.11. The minimum Gasteiger partial charge on any atom is -0.492 e. The standard InChI is InChI=1S/C20H19ClFN3O4S/c1-30(28,29)24-18(27)19(9-10-19)20(25-17(26)15(21)12-23-25)8-7-14(16(22)11-20)13-5-3-2-4-6-13/h2-8,12,26H,9-11H2,1H3,(H,24,27). The number of amides is 1. The van der Waals surface area contributed by atoms with Gasteiger partial charge in [0.1, 0.15) is 16.4 Å². The molecule has 1 heterocycles. The highest BCUT2D eigenvalue weighted by Gasteiger charge is 2.66. The summed E-state index contributed by atoms with van der Waals surface area (Å²) in [7, 11) is -3.83. The van der Waals surface area contributed by atoms with Gasteiger partial charge in [0.25, 0.3) is 0 Å². The zero-order valence-electron chi connectivity index (χ0n) is 16.0. The van der Waals surface area contributed by atoms with Crippen LogP contribution < -0.4 is 4.72 Å². The molecule has 158 valence electrons. The second kappa shape index (κ2) is 6.95. The predicted octanol–water partition coefficient (Wildman–Crippen LogP) is 3.13. The first kappa shape index (κ1) is 20.6. The maximum Gasteiger partial charge on any atom is 0.242 e. The van der Waals surface area contributed by atoms with Gasteiger partial charge in [0.15, 0.2) is 0 Å². The number of nitrogens with zero attached hydrogens (tertiary/aromatic N) is 2. The smallest absolute Gasteiger partial charge is 0.242 e. The number of hydrogen-bond acceptors (Lipinski definition) is 5. The number of carbonyl (C=O) groups excluding carboxylic acids is 1. The number of rotatable bonds is 5. The Bertz CT molecular complexity index is 1190. The van der Waals surface area contributed by atoms with Crippen molar-refractivity contribution in [1.82, 2.24) is 14.5 Å². The Labute approximate surface area is 177 Å². The van der Waals surface area contributed by atoms with Crippen molar-refractivity contribution in [3.05, 3.63) is 65.1 Å². The van der Waals surface area contributed by atoms with Crippen LogP contribution in [0.3, 0.4) is 0 Å². The van der Waals surface area contributed by atoms with Crippen LogP contribution in [-0.4, -0.2) is 35.5 Å². The molecule has 2 aliphatic rings. The molecule has 1 fully saturated rings. The van der Waals surface area contributed by atoms with Crippen molar-refractivity contribution >= 4 is 33.1 Å². The molecule has 0 radical (unpaired) electrons. The Morgan fingerprint density at radius 2 is 1.97 bits per heavy atom. The zero-order chi connectivity index (χ0) is 21.7. The van der Waals surface area contributed by atoms with Crippen LogP contribution in [0.15, 0.2) is 54.5 Å². The predicted molar refractivity (Wildman–Crippen MR) is 110 cm³/mol. The molecule has 10 heteroatoms.